The summed E-state index contributed by atoms with van der Waals surface area (Å²) in [4.78, 5) is 0. The van der Waals surface area contributed by atoms with E-state index in [9.17, 15) is 0 Å². The molecule has 9 heavy (non-hydrogen) atoms. The van der Waals surface area contributed by atoms with Crippen LogP contribution in [0, 0.1) is 6.92 Å². The van der Waals surface area contributed by atoms with E-state index in [0.717, 1.165) is 10.2 Å². The van der Waals surface area contributed by atoms with Gasteiger partial charge in [-0.05, 0) is 22.0 Å². The summed E-state index contributed by atoms with van der Waals surface area (Å²) in [6.07, 6.45) is 1.90. The molecule has 0 aliphatic heterocycles. The Kier molecular flexibility index (Phi) is 2.13. The average Bonchev–Trinajstić information content (AvgIpc) is 1.80. The van der Waals surface area contributed by atoms with Gasteiger partial charge in [-0.25, -0.2) is 0 Å². The van der Waals surface area contributed by atoms with Crippen LogP contribution in [0.2, 0.25) is 0 Å². The molecule has 0 aliphatic carbocycles. The molecule has 1 heterocycles. The zero-order valence-corrected chi connectivity index (χ0v) is 7.48. The largest absolute Gasteiger partial charge is 0.197 e. The van der Waals surface area contributed by atoms with Crippen LogP contribution in [0.5, 0.6) is 0 Å². The molecule has 0 saturated heterocycles. The summed E-state index contributed by atoms with van der Waals surface area (Å²) >= 11 is 7.48. The lowest BCUT2D eigenvalue weighted by Crippen LogP contribution is -2.23. The Bertz CT molecular complexity index is 224. The van der Waals surface area contributed by atoms with E-state index in [1.807, 2.05) is 25.3 Å². The van der Waals surface area contributed by atoms with Crippen molar-refractivity contribution in [3.8, 4) is 0 Å². The summed E-state index contributed by atoms with van der Waals surface area (Å²) in [5.74, 6) is 0. The van der Waals surface area contributed by atoms with Crippen molar-refractivity contribution >= 4 is 28.7 Å². The minimum atomic E-state index is 1.04. The van der Waals surface area contributed by atoms with Gasteiger partial charge in [-0.15, -0.1) is 3.97 Å². The Balaban J connectivity index is 3.17. The quantitative estimate of drug-likeness (QED) is 0.485. The Morgan fingerprint density at radius 1 is 1.56 bits per heavy atom. The van der Waals surface area contributed by atoms with Gasteiger partial charge < -0.3 is 0 Å². The number of aryl methyl sites for hydroxylation is 1. The first-order valence-corrected chi connectivity index (χ1v) is 3.76. The van der Waals surface area contributed by atoms with Crippen LogP contribution < -0.4 is 3.97 Å². The first-order chi connectivity index (χ1) is 4.20. The molecule has 48 valence electrons. The first kappa shape index (κ1) is 7.09. The highest BCUT2D eigenvalue weighted by atomic mass is 79.9. The second kappa shape index (κ2) is 2.71. The van der Waals surface area contributed by atoms with E-state index in [1.165, 1.54) is 0 Å². The third-order valence-electron chi connectivity index (χ3n) is 1.09. The van der Waals surface area contributed by atoms with Crippen molar-refractivity contribution in [2.75, 3.05) is 0 Å². The first-order valence-electron chi connectivity index (χ1n) is 2.57. The van der Waals surface area contributed by atoms with Crippen molar-refractivity contribution in [1.82, 2.24) is 0 Å². The van der Waals surface area contributed by atoms with Crippen LogP contribution in [-0.2, 0) is 0 Å². The normalized spacial score (nSPS) is 9.67. The molecule has 1 nitrogen and oxygen atoms in total. The summed E-state index contributed by atoms with van der Waals surface area (Å²) in [6, 6.07) is 3.99. The standard InChI is InChI=1S/C6H7BrNS/c1-5-2-3-6(7)4-8(5)9/h2-4,9H,1H3/q+1. The summed E-state index contributed by atoms with van der Waals surface area (Å²) in [6.45, 7) is 2.00. The molecular formula is C6H7BrNS+. The van der Waals surface area contributed by atoms with Crippen molar-refractivity contribution in [3.63, 3.8) is 0 Å². The lowest BCUT2D eigenvalue weighted by atomic mass is 10.4. The molecule has 0 N–H and O–H groups in total. The molecule has 0 aromatic carbocycles. The maximum Gasteiger partial charge on any atom is 0.197 e. The number of rotatable bonds is 0. The molecular weight excluding hydrogens is 198 g/mol. The zero-order chi connectivity index (χ0) is 6.85. The van der Waals surface area contributed by atoms with Crippen molar-refractivity contribution in [2.45, 2.75) is 6.92 Å². The van der Waals surface area contributed by atoms with Crippen LogP contribution >= 0.6 is 28.7 Å². The highest BCUT2D eigenvalue weighted by molar-refractivity contribution is 9.10. The lowest BCUT2D eigenvalue weighted by Gasteiger charge is -1.88. The van der Waals surface area contributed by atoms with Gasteiger partial charge in [0.15, 0.2) is 11.9 Å². The molecule has 0 amide bonds. The van der Waals surface area contributed by atoms with Crippen molar-refractivity contribution in [2.24, 2.45) is 0 Å². The predicted molar refractivity (Wildman–Crippen MR) is 43.5 cm³/mol. The van der Waals surface area contributed by atoms with Gasteiger partial charge in [0, 0.05) is 13.0 Å². The maximum atomic E-state index is 4.15. The van der Waals surface area contributed by atoms with E-state index in [4.69, 9.17) is 0 Å². The molecule has 0 bridgehead atoms. The molecule has 0 aliphatic rings. The molecule has 0 unspecified atom stereocenters. The summed E-state index contributed by atoms with van der Waals surface area (Å²) in [5.41, 5.74) is 1.13. The maximum absolute atomic E-state index is 4.15. The third kappa shape index (κ3) is 1.69. The molecule has 0 fully saturated rings. The number of thiol groups is 1. The van der Waals surface area contributed by atoms with Crippen molar-refractivity contribution in [3.05, 3.63) is 28.5 Å². The highest BCUT2D eigenvalue weighted by Crippen LogP contribution is 2.05. The van der Waals surface area contributed by atoms with Crippen LogP contribution in [0.3, 0.4) is 0 Å². The van der Waals surface area contributed by atoms with Crippen LogP contribution in [0.4, 0.5) is 0 Å². The van der Waals surface area contributed by atoms with Gasteiger partial charge in [0.05, 0.1) is 4.47 Å². The number of hydrogen-bond acceptors (Lipinski definition) is 1. The van der Waals surface area contributed by atoms with E-state index in [0.29, 0.717) is 0 Å². The van der Waals surface area contributed by atoms with Crippen LogP contribution in [0.25, 0.3) is 0 Å². The minimum Gasteiger partial charge on any atom is -0.133 e. The molecule has 0 spiro atoms. The number of nitrogens with zero attached hydrogens (tertiary/aromatic N) is 1. The monoisotopic (exact) mass is 204 g/mol. The van der Waals surface area contributed by atoms with Crippen LogP contribution in [0.1, 0.15) is 5.69 Å². The fourth-order valence-corrected chi connectivity index (χ4v) is 1.22. The van der Waals surface area contributed by atoms with E-state index in [-0.39, 0.29) is 0 Å². The smallest absolute Gasteiger partial charge is 0.133 e. The number of hydrogen-bond donors (Lipinski definition) is 1. The van der Waals surface area contributed by atoms with Crippen molar-refractivity contribution in [1.29, 1.82) is 0 Å². The molecule has 0 atom stereocenters. The molecule has 0 radical (unpaired) electrons. The Hall–Kier alpha value is -0.0200. The third-order valence-corrected chi connectivity index (χ3v) is 1.99. The van der Waals surface area contributed by atoms with Crippen LogP contribution in [-0.4, -0.2) is 0 Å². The molecule has 1 rings (SSSR count). The molecule has 0 saturated carbocycles. The SMILES string of the molecule is Cc1ccc(Br)c[n+]1S. The number of aromatic nitrogens is 1. The van der Waals surface area contributed by atoms with Gasteiger partial charge in [-0.3, -0.25) is 0 Å². The lowest BCUT2D eigenvalue weighted by molar-refractivity contribution is -0.498. The van der Waals surface area contributed by atoms with E-state index in [2.05, 4.69) is 28.7 Å². The molecule has 1 aromatic rings. The van der Waals surface area contributed by atoms with E-state index in [1.54, 1.807) is 3.97 Å². The second-order valence-corrected chi connectivity index (χ2v) is 3.18. The number of pyridine rings is 1. The van der Waals surface area contributed by atoms with Gasteiger partial charge in [0.25, 0.3) is 0 Å². The van der Waals surface area contributed by atoms with Gasteiger partial charge in [0.1, 0.15) is 12.8 Å². The summed E-state index contributed by atoms with van der Waals surface area (Å²) < 4.78 is 2.81. The Labute approximate surface area is 68.4 Å². The van der Waals surface area contributed by atoms with Gasteiger partial charge in [-0.1, -0.05) is 0 Å². The van der Waals surface area contributed by atoms with Crippen LogP contribution in [0.15, 0.2) is 22.8 Å². The van der Waals surface area contributed by atoms with E-state index < -0.39 is 0 Å². The minimum absolute atomic E-state index is 1.04. The Morgan fingerprint density at radius 2 is 2.22 bits per heavy atom. The van der Waals surface area contributed by atoms with E-state index >= 15 is 0 Å². The van der Waals surface area contributed by atoms with Gasteiger partial charge in [-0.2, -0.15) is 0 Å². The molecule has 3 heteroatoms. The van der Waals surface area contributed by atoms with Crippen molar-refractivity contribution < 1.29 is 3.97 Å². The topological polar surface area (TPSA) is 3.88 Å². The van der Waals surface area contributed by atoms with Gasteiger partial charge >= 0.3 is 0 Å². The predicted octanol–water partition coefficient (Wildman–Crippen LogP) is 1.74. The fraction of sp³-hybridized carbons (Fsp3) is 0.167. The van der Waals surface area contributed by atoms with Gasteiger partial charge in [0.2, 0.25) is 0 Å². The highest BCUT2D eigenvalue weighted by Gasteiger charge is 1.99. The summed E-state index contributed by atoms with van der Waals surface area (Å²) in [7, 11) is 0. The number of halogens is 1. The summed E-state index contributed by atoms with van der Waals surface area (Å²) in [5, 5.41) is 0. The zero-order valence-electron chi connectivity index (χ0n) is 5.00. The molecule has 1 aromatic heterocycles. The average molecular weight is 205 g/mol. The Morgan fingerprint density at radius 3 is 2.67 bits per heavy atom. The fourth-order valence-electron chi connectivity index (χ4n) is 0.538. The second-order valence-electron chi connectivity index (χ2n) is 1.83.